The van der Waals surface area contributed by atoms with Crippen LogP contribution in [0.3, 0.4) is 0 Å². The minimum absolute atomic E-state index is 0. The number of carbonyl (C=O) groups is 3. The van der Waals surface area contributed by atoms with Crippen LogP contribution in [0.1, 0.15) is 12.8 Å². The first kappa shape index (κ1) is 20.1. The van der Waals surface area contributed by atoms with Gasteiger partial charge in [-0.25, -0.2) is 0 Å². The Morgan fingerprint density at radius 2 is 1.27 bits per heavy atom. The van der Waals surface area contributed by atoms with Crippen LogP contribution in [0.25, 0.3) is 0 Å². The van der Waals surface area contributed by atoms with E-state index < -0.39 is 36.4 Å². The Bertz CT molecular complexity index is 238. The van der Waals surface area contributed by atoms with Gasteiger partial charge in [0.2, 0.25) is 0 Å². The third kappa shape index (κ3) is 7.57. The van der Waals surface area contributed by atoms with Crippen LogP contribution in [0.5, 0.6) is 0 Å². The van der Waals surface area contributed by atoms with Gasteiger partial charge in [-0.15, -0.1) is 0 Å². The summed E-state index contributed by atoms with van der Waals surface area (Å²) >= 11 is 0. The molecule has 0 rings (SSSR count). The van der Waals surface area contributed by atoms with Crippen LogP contribution in [-0.4, -0.2) is 28.6 Å². The second-order valence-electron chi connectivity index (χ2n) is 2.42. The largest absolute Gasteiger partial charge is 1.00 e. The number of carbonyl (C=O) groups excluding carboxylic acids is 3. The van der Waals surface area contributed by atoms with Gasteiger partial charge in [0, 0.05) is 45.8 Å². The maximum atomic E-state index is 10.1. The van der Waals surface area contributed by atoms with Crippen molar-refractivity contribution in [2.75, 3.05) is 0 Å². The Kier molecular flexibility index (Phi) is 10.6. The van der Waals surface area contributed by atoms with Crippen LogP contribution in [0.2, 0.25) is 0 Å². The number of aliphatic hydroxyl groups is 1. The fourth-order valence-electron chi connectivity index (χ4n) is 0.684. The Morgan fingerprint density at radius 3 is 1.40 bits per heavy atom. The van der Waals surface area contributed by atoms with Crippen LogP contribution in [0.15, 0.2) is 0 Å². The van der Waals surface area contributed by atoms with E-state index in [4.69, 9.17) is 5.11 Å². The molecular formula is C6H5LiO7W-2. The molecule has 0 radical (unpaired) electrons. The van der Waals surface area contributed by atoms with Gasteiger partial charge in [-0.3, -0.25) is 0 Å². The van der Waals surface area contributed by atoms with Crippen LogP contribution in [-0.2, 0) is 35.4 Å². The summed E-state index contributed by atoms with van der Waals surface area (Å²) in [7, 11) is 0. The minimum atomic E-state index is -2.97. The molecule has 0 atom stereocenters. The molecule has 80 valence electrons. The third-order valence-corrected chi connectivity index (χ3v) is 1.25. The molecule has 0 aliphatic heterocycles. The second-order valence-corrected chi connectivity index (χ2v) is 2.42. The zero-order valence-electron chi connectivity index (χ0n) is 7.72. The summed E-state index contributed by atoms with van der Waals surface area (Å²) in [5.74, 6) is -5.98. The standard InChI is InChI=1S/C6H8O7.Li.W/c7-3(8)1-6(13,5(11)12)2-4(9)10;;/h13H,1-2H2,(H,7,8)(H,9,10)(H,11,12);;/q;+1;/p-3. The molecule has 0 spiro atoms. The van der Waals surface area contributed by atoms with Crippen molar-refractivity contribution >= 4 is 17.9 Å². The monoisotopic (exact) mass is 380 g/mol. The fourth-order valence-corrected chi connectivity index (χ4v) is 0.684. The zero-order chi connectivity index (χ0) is 10.6. The number of aliphatic carboxylic acids is 3. The van der Waals surface area contributed by atoms with Crippen molar-refractivity contribution in [1.29, 1.82) is 0 Å². The van der Waals surface area contributed by atoms with Crippen molar-refractivity contribution in [3.63, 3.8) is 0 Å². The van der Waals surface area contributed by atoms with E-state index in [-0.39, 0.29) is 39.9 Å². The van der Waals surface area contributed by atoms with E-state index in [0.29, 0.717) is 0 Å². The van der Waals surface area contributed by atoms with E-state index in [1.807, 2.05) is 0 Å². The van der Waals surface area contributed by atoms with E-state index >= 15 is 0 Å². The van der Waals surface area contributed by atoms with Gasteiger partial charge in [-0.2, -0.15) is 0 Å². The molecule has 0 aliphatic carbocycles. The Balaban J connectivity index is -0.000000720. The van der Waals surface area contributed by atoms with Gasteiger partial charge in [0.25, 0.3) is 0 Å². The zero-order valence-corrected chi connectivity index (χ0v) is 10.7. The van der Waals surface area contributed by atoms with Crippen molar-refractivity contribution in [2.45, 2.75) is 18.4 Å². The third-order valence-electron chi connectivity index (χ3n) is 1.25. The molecule has 0 amide bonds. The molecule has 0 aromatic rings. The topological polar surface area (TPSA) is 141 Å². The normalized spacial score (nSPS) is 9.40. The summed E-state index contributed by atoms with van der Waals surface area (Å²) in [5.41, 5.74) is -2.97. The first-order valence-corrected chi connectivity index (χ1v) is 3.11. The molecule has 0 fully saturated rings. The van der Waals surface area contributed by atoms with Crippen LogP contribution in [0, 0.1) is 0 Å². The Morgan fingerprint density at radius 1 is 1.00 bits per heavy atom. The minimum Gasteiger partial charge on any atom is -0.550 e. The van der Waals surface area contributed by atoms with Crippen LogP contribution in [0.4, 0.5) is 0 Å². The average molecular weight is 380 g/mol. The Labute approximate surface area is 111 Å². The molecule has 0 bridgehead atoms. The van der Waals surface area contributed by atoms with Gasteiger partial charge in [0.1, 0.15) is 5.60 Å². The molecule has 7 nitrogen and oxygen atoms in total. The van der Waals surface area contributed by atoms with E-state index in [1.54, 1.807) is 0 Å². The van der Waals surface area contributed by atoms with Crippen molar-refractivity contribution in [3.8, 4) is 0 Å². The number of hydrogen-bond acceptors (Lipinski definition) is 7. The molecular weight excluding hydrogens is 375 g/mol. The predicted molar refractivity (Wildman–Crippen MR) is 29.2 cm³/mol. The molecule has 0 aromatic heterocycles. The van der Waals surface area contributed by atoms with Crippen molar-refractivity contribution < 1.29 is 74.7 Å². The summed E-state index contributed by atoms with van der Waals surface area (Å²) in [5, 5.41) is 38.9. The van der Waals surface area contributed by atoms with E-state index in [2.05, 4.69) is 0 Å². The van der Waals surface area contributed by atoms with Crippen LogP contribution >= 0.6 is 0 Å². The predicted octanol–water partition coefficient (Wildman–Crippen LogP) is -8.25. The van der Waals surface area contributed by atoms with Gasteiger partial charge in [-0.05, 0) is 0 Å². The number of carboxylic acid groups (broad SMARTS) is 3. The van der Waals surface area contributed by atoms with Crippen LogP contribution < -0.4 is 34.2 Å². The smallest absolute Gasteiger partial charge is 0.550 e. The van der Waals surface area contributed by atoms with Gasteiger partial charge >= 0.3 is 18.9 Å². The van der Waals surface area contributed by atoms with Gasteiger partial charge in [0.05, 0.1) is 5.97 Å². The fraction of sp³-hybridized carbons (Fsp3) is 0.500. The Hall–Kier alpha value is -0.344. The molecule has 0 heterocycles. The second kappa shape index (κ2) is 7.88. The summed E-state index contributed by atoms with van der Waals surface area (Å²) < 4.78 is 0. The summed E-state index contributed by atoms with van der Waals surface area (Å²) in [6, 6.07) is 0. The molecule has 0 unspecified atom stereocenters. The van der Waals surface area contributed by atoms with Gasteiger partial charge in [0.15, 0.2) is 0 Å². The molecule has 9 heteroatoms. The summed E-state index contributed by atoms with van der Waals surface area (Å²) in [6.45, 7) is 0. The molecule has 0 aromatic carbocycles. The van der Waals surface area contributed by atoms with Gasteiger partial charge in [-0.1, -0.05) is 0 Å². The van der Waals surface area contributed by atoms with Crippen molar-refractivity contribution in [2.24, 2.45) is 0 Å². The molecule has 15 heavy (non-hydrogen) atoms. The van der Waals surface area contributed by atoms with Gasteiger partial charge < -0.3 is 34.8 Å². The molecule has 0 aliphatic rings. The molecule has 0 saturated carbocycles. The number of hydrogen-bond donors (Lipinski definition) is 1. The summed E-state index contributed by atoms with van der Waals surface area (Å²) in [4.78, 5) is 30.0. The average Bonchev–Trinajstić information content (AvgIpc) is 1.82. The number of rotatable bonds is 5. The molecule has 1 N–H and O–H groups in total. The van der Waals surface area contributed by atoms with E-state index in [1.165, 1.54) is 0 Å². The van der Waals surface area contributed by atoms with E-state index in [0.717, 1.165) is 0 Å². The quantitative estimate of drug-likeness (QED) is 0.467. The molecule has 0 saturated heterocycles. The SMILES string of the molecule is O=C([O-])CC(O)(CC(=O)[O-])C(=O)[O-].[Li+].[W]. The maximum absolute atomic E-state index is 10.1. The van der Waals surface area contributed by atoms with Crippen molar-refractivity contribution in [1.82, 2.24) is 0 Å². The first-order chi connectivity index (χ1) is 5.78. The first-order valence-electron chi connectivity index (χ1n) is 3.11. The summed E-state index contributed by atoms with van der Waals surface area (Å²) in [6.07, 6.45) is -2.72. The van der Waals surface area contributed by atoms with E-state index in [9.17, 15) is 29.7 Å². The van der Waals surface area contributed by atoms with Crippen molar-refractivity contribution in [3.05, 3.63) is 0 Å². The number of carboxylic acids is 3. The maximum Gasteiger partial charge on any atom is 1.00 e.